The summed E-state index contributed by atoms with van der Waals surface area (Å²) >= 11 is 7.50. The van der Waals surface area contributed by atoms with Gasteiger partial charge in [0, 0.05) is 0 Å². The minimum Gasteiger partial charge on any atom is -0.323 e. The molecule has 6 nitrogen and oxygen atoms in total. The van der Waals surface area contributed by atoms with Crippen molar-refractivity contribution in [1.82, 2.24) is 9.80 Å². The molecular formula is C23H22ClN3O3S. The SMILES string of the molecule is Cc1ccc(CN2C(=O)C3SC=CC3N(CC(=O)Nc3ccccc3Cl)C2=O)cc1C. The van der Waals surface area contributed by atoms with E-state index in [1.54, 1.807) is 30.3 Å². The molecule has 4 amide bonds. The average molecular weight is 456 g/mol. The summed E-state index contributed by atoms with van der Waals surface area (Å²) in [5.74, 6) is -0.600. The number of anilines is 1. The van der Waals surface area contributed by atoms with Crippen molar-refractivity contribution in [1.29, 1.82) is 0 Å². The molecule has 2 unspecified atom stereocenters. The van der Waals surface area contributed by atoms with Gasteiger partial charge in [-0.05, 0) is 48.1 Å². The van der Waals surface area contributed by atoms with E-state index in [1.807, 2.05) is 37.5 Å². The third-order valence-corrected chi connectivity index (χ3v) is 6.95. The van der Waals surface area contributed by atoms with Crippen LogP contribution in [0.5, 0.6) is 0 Å². The van der Waals surface area contributed by atoms with E-state index in [1.165, 1.54) is 21.6 Å². The summed E-state index contributed by atoms with van der Waals surface area (Å²) in [6.07, 6.45) is 1.81. The molecule has 2 atom stereocenters. The van der Waals surface area contributed by atoms with Crippen LogP contribution in [-0.4, -0.2) is 45.5 Å². The van der Waals surface area contributed by atoms with Crippen molar-refractivity contribution in [3.8, 4) is 0 Å². The van der Waals surface area contributed by atoms with E-state index in [0.717, 1.165) is 16.7 Å². The van der Waals surface area contributed by atoms with E-state index in [-0.39, 0.29) is 24.9 Å². The maximum atomic E-state index is 13.3. The first-order valence-electron chi connectivity index (χ1n) is 9.90. The quantitative estimate of drug-likeness (QED) is 0.727. The number of hydrogen-bond acceptors (Lipinski definition) is 4. The minimum atomic E-state index is -0.467. The number of para-hydroxylation sites is 1. The van der Waals surface area contributed by atoms with E-state index < -0.39 is 17.3 Å². The summed E-state index contributed by atoms with van der Waals surface area (Å²) in [4.78, 5) is 41.7. The second-order valence-corrected chi connectivity index (χ2v) is 9.12. The van der Waals surface area contributed by atoms with Gasteiger partial charge in [-0.2, -0.15) is 0 Å². The number of aryl methyl sites for hydroxylation is 2. The van der Waals surface area contributed by atoms with Crippen LogP contribution in [0.4, 0.5) is 10.5 Å². The summed E-state index contributed by atoms with van der Waals surface area (Å²) < 4.78 is 0. The molecule has 0 bridgehead atoms. The third-order valence-electron chi connectivity index (χ3n) is 5.53. The molecule has 0 spiro atoms. The zero-order valence-corrected chi connectivity index (χ0v) is 18.7. The Balaban J connectivity index is 1.54. The molecule has 0 radical (unpaired) electrons. The molecule has 2 aliphatic heterocycles. The molecule has 2 aromatic rings. The molecule has 4 rings (SSSR count). The second kappa shape index (κ2) is 8.77. The van der Waals surface area contributed by atoms with Gasteiger partial charge in [0.05, 0.1) is 23.3 Å². The fourth-order valence-electron chi connectivity index (χ4n) is 3.70. The van der Waals surface area contributed by atoms with Gasteiger partial charge in [-0.3, -0.25) is 14.5 Å². The monoisotopic (exact) mass is 455 g/mol. The van der Waals surface area contributed by atoms with Crippen LogP contribution < -0.4 is 5.32 Å². The van der Waals surface area contributed by atoms with Crippen LogP contribution in [0, 0.1) is 13.8 Å². The van der Waals surface area contributed by atoms with Crippen molar-refractivity contribution in [2.75, 3.05) is 11.9 Å². The minimum absolute atomic E-state index is 0.172. The van der Waals surface area contributed by atoms with Gasteiger partial charge < -0.3 is 10.2 Å². The number of nitrogens with one attached hydrogen (secondary N) is 1. The van der Waals surface area contributed by atoms with Gasteiger partial charge in [-0.25, -0.2) is 4.79 Å². The van der Waals surface area contributed by atoms with E-state index in [9.17, 15) is 14.4 Å². The zero-order valence-electron chi connectivity index (χ0n) is 17.2. The fraction of sp³-hybridized carbons (Fsp3) is 0.261. The summed E-state index contributed by atoms with van der Waals surface area (Å²) in [5, 5.41) is 4.54. The first kappa shape index (κ1) is 21.5. The fourth-order valence-corrected chi connectivity index (χ4v) is 4.95. The number of urea groups is 1. The van der Waals surface area contributed by atoms with Gasteiger partial charge in [0.2, 0.25) is 11.8 Å². The molecular weight excluding hydrogens is 434 g/mol. The highest BCUT2D eigenvalue weighted by atomic mass is 35.5. The second-order valence-electron chi connectivity index (χ2n) is 7.66. The van der Waals surface area contributed by atoms with Crippen LogP contribution >= 0.6 is 23.4 Å². The number of halogens is 1. The largest absolute Gasteiger partial charge is 0.328 e. The van der Waals surface area contributed by atoms with Gasteiger partial charge in [0.1, 0.15) is 11.8 Å². The van der Waals surface area contributed by atoms with Crippen molar-refractivity contribution >= 4 is 46.9 Å². The molecule has 1 N–H and O–H groups in total. The lowest BCUT2D eigenvalue weighted by Crippen LogP contribution is -2.62. The van der Waals surface area contributed by atoms with Crippen molar-refractivity contribution in [3.05, 3.63) is 75.7 Å². The molecule has 0 saturated carbocycles. The molecule has 2 aromatic carbocycles. The maximum Gasteiger partial charge on any atom is 0.328 e. The predicted octanol–water partition coefficient (Wildman–Crippen LogP) is 4.36. The van der Waals surface area contributed by atoms with Gasteiger partial charge in [0.25, 0.3) is 0 Å². The number of rotatable bonds is 5. The van der Waals surface area contributed by atoms with Crippen LogP contribution in [0.1, 0.15) is 16.7 Å². The highest BCUT2D eigenvalue weighted by molar-refractivity contribution is 8.03. The number of imide groups is 1. The van der Waals surface area contributed by atoms with E-state index in [4.69, 9.17) is 11.6 Å². The average Bonchev–Trinajstić information content (AvgIpc) is 3.23. The molecule has 31 heavy (non-hydrogen) atoms. The lowest BCUT2D eigenvalue weighted by atomic mass is 10.0. The normalized spacial score (nSPS) is 20.2. The molecule has 2 aliphatic rings. The summed E-state index contributed by atoms with van der Waals surface area (Å²) in [6.45, 7) is 4.01. The Morgan fingerprint density at radius 2 is 1.90 bits per heavy atom. The zero-order chi connectivity index (χ0) is 22.1. The number of amides is 4. The Morgan fingerprint density at radius 3 is 2.65 bits per heavy atom. The van der Waals surface area contributed by atoms with Crippen LogP contribution in [0.25, 0.3) is 0 Å². The summed E-state index contributed by atoms with van der Waals surface area (Å²) in [7, 11) is 0. The van der Waals surface area contributed by atoms with Gasteiger partial charge in [0.15, 0.2) is 0 Å². The van der Waals surface area contributed by atoms with Crippen LogP contribution in [0.2, 0.25) is 5.02 Å². The lowest BCUT2D eigenvalue weighted by molar-refractivity contribution is -0.132. The predicted molar refractivity (Wildman–Crippen MR) is 123 cm³/mol. The Morgan fingerprint density at radius 1 is 1.13 bits per heavy atom. The highest BCUT2D eigenvalue weighted by Crippen LogP contribution is 2.35. The molecule has 0 aliphatic carbocycles. The molecule has 1 saturated heterocycles. The number of thioether (sulfide) groups is 1. The first-order chi connectivity index (χ1) is 14.8. The number of nitrogens with zero attached hydrogens (tertiary/aromatic N) is 2. The molecule has 1 fully saturated rings. The number of carbonyl (C=O) groups excluding carboxylic acids is 3. The Kier molecular flexibility index (Phi) is 6.07. The van der Waals surface area contributed by atoms with E-state index in [0.29, 0.717) is 10.7 Å². The number of fused-ring (bicyclic) bond motifs is 1. The van der Waals surface area contributed by atoms with Crippen molar-refractivity contribution < 1.29 is 14.4 Å². The Hall–Kier alpha value is -2.77. The van der Waals surface area contributed by atoms with E-state index >= 15 is 0 Å². The smallest absolute Gasteiger partial charge is 0.323 e. The molecule has 0 aromatic heterocycles. The molecule has 2 heterocycles. The van der Waals surface area contributed by atoms with Gasteiger partial charge in [-0.15, -0.1) is 11.8 Å². The summed E-state index contributed by atoms with van der Waals surface area (Å²) in [5.41, 5.74) is 3.60. The third kappa shape index (κ3) is 4.34. The van der Waals surface area contributed by atoms with Crippen molar-refractivity contribution in [3.63, 3.8) is 0 Å². The van der Waals surface area contributed by atoms with Gasteiger partial charge >= 0.3 is 6.03 Å². The van der Waals surface area contributed by atoms with Gasteiger partial charge in [-0.1, -0.05) is 48.0 Å². The topological polar surface area (TPSA) is 69.7 Å². The van der Waals surface area contributed by atoms with E-state index in [2.05, 4.69) is 5.32 Å². The van der Waals surface area contributed by atoms with Crippen LogP contribution in [-0.2, 0) is 16.1 Å². The Labute approximate surface area is 190 Å². The summed E-state index contributed by atoms with van der Waals surface area (Å²) in [6, 6.07) is 11.9. The van der Waals surface area contributed by atoms with Crippen molar-refractivity contribution in [2.45, 2.75) is 31.7 Å². The lowest BCUT2D eigenvalue weighted by Gasteiger charge is -2.41. The molecule has 8 heteroatoms. The van der Waals surface area contributed by atoms with Crippen LogP contribution in [0.3, 0.4) is 0 Å². The number of benzene rings is 2. The Bertz CT molecular complexity index is 1090. The first-order valence-corrected chi connectivity index (χ1v) is 11.2. The van der Waals surface area contributed by atoms with Crippen LogP contribution in [0.15, 0.2) is 53.9 Å². The maximum absolute atomic E-state index is 13.3. The highest BCUT2D eigenvalue weighted by Gasteiger charge is 2.47. The standard InChI is InChI=1S/C23H22ClN3O3S/c1-14-7-8-16(11-15(14)2)12-27-22(29)21-19(9-10-31-21)26(23(27)30)13-20(28)25-18-6-4-3-5-17(18)24/h3-11,19,21H,12-13H2,1-2H3,(H,25,28). The number of carbonyl (C=O) groups is 3. The molecule has 160 valence electrons. The van der Waals surface area contributed by atoms with Crippen molar-refractivity contribution in [2.24, 2.45) is 0 Å². The number of hydrogen-bond donors (Lipinski definition) is 1.